The van der Waals surface area contributed by atoms with Gasteiger partial charge in [0.1, 0.15) is 5.76 Å². The van der Waals surface area contributed by atoms with Gasteiger partial charge in [0.05, 0.1) is 17.6 Å². The number of benzene rings is 1. The molecule has 0 radical (unpaired) electrons. The summed E-state index contributed by atoms with van der Waals surface area (Å²) >= 11 is 1.36. The van der Waals surface area contributed by atoms with Gasteiger partial charge in [-0.15, -0.1) is 10.2 Å². The summed E-state index contributed by atoms with van der Waals surface area (Å²) in [6, 6.07) is 11.7. The maximum Gasteiger partial charge on any atom is 0.230 e. The van der Waals surface area contributed by atoms with Crippen LogP contribution in [0.4, 0.5) is 0 Å². The quantitative estimate of drug-likeness (QED) is 0.697. The minimum atomic E-state index is -0.0221. The Labute approximate surface area is 144 Å². The zero-order valence-electron chi connectivity index (χ0n) is 13.5. The van der Waals surface area contributed by atoms with Gasteiger partial charge in [0, 0.05) is 12.2 Å². The molecule has 1 amide bonds. The van der Waals surface area contributed by atoms with Crippen molar-refractivity contribution in [2.75, 3.05) is 12.3 Å². The number of hydrogen-bond donors (Lipinski definition) is 1. The van der Waals surface area contributed by atoms with Crippen LogP contribution in [0.1, 0.15) is 12.7 Å². The average Bonchev–Trinajstić information content (AvgIpc) is 3.19. The monoisotopic (exact) mass is 342 g/mol. The molecule has 0 bridgehead atoms. The predicted molar refractivity (Wildman–Crippen MR) is 93.2 cm³/mol. The molecule has 2 aromatic heterocycles. The Balaban J connectivity index is 1.99. The highest BCUT2D eigenvalue weighted by atomic mass is 32.2. The number of carbonyl (C=O) groups excluding carboxylic acids is 1. The van der Waals surface area contributed by atoms with E-state index in [1.807, 2.05) is 54.8 Å². The molecule has 6 nitrogen and oxygen atoms in total. The van der Waals surface area contributed by atoms with Crippen molar-refractivity contribution in [2.24, 2.45) is 0 Å². The predicted octanol–water partition coefficient (Wildman–Crippen LogP) is 3.06. The van der Waals surface area contributed by atoms with E-state index >= 15 is 0 Å². The van der Waals surface area contributed by atoms with E-state index in [0.29, 0.717) is 23.3 Å². The lowest BCUT2D eigenvalue weighted by molar-refractivity contribution is -0.118. The third kappa shape index (κ3) is 3.35. The zero-order valence-corrected chi connectivity index (χ0v) is 14.3. The average molecular weight is 342 g/mol. The minimum Gasteiger partial charge on any atom is -0.469 e. The lowest BCUT2D eigenvalue weighted by Crippen LogP contribution is -2.24. The van der Waals surface area contributed by atoms with Crippen molar-refractivity contribution >= 4 is 17.7 Å². The van der Waals surface area contributed by atoms with E-state index in [-0.39, 0.29) is 5.91 Å². The van der Waals surface area contributed by atoms with Crippen molar-refractivity contribution in [1.29, 1.82) is 0 Å². The lowest BCUT2D eigenvalue weighted by atomic mass is 10.2. The summed E-state index contributed by atoms with van der Waals surface area (Å²) in [5.74, 6) is 1.75. The van der Waals surface area contributed by atoms with Crippen molar-refractivity contribution < 1.29 is 9.21 Å². The number of aromatic nitrogens is 3. The smallest absolute Gasteiger partial charge is 0.230 e. The Morgan fingerprint density at radius 3 is 2.71 bits per heavy atom. The molecule has 3 rings (SSSR count). The van der Waals surface area contributed by atoms with Gasteiger partial charge in [0.2, 0.25) is 5.91 Å². The van der Waals surface area contributed by atoms with Gasteiger partial charge in [-0.3, -0.25) is 9.36 Å². The topological polar surface area (TPSA) is 73.0 Å². The van der Waals surface area contributed by atoms with Gasteiger partial charge >= 0.3 is 0 Å². The van der Waals surface area contributed by atoms with Crippen molar-refractivity contribution in [3.05, 3.63) is 48.4 Å². The van der Waals surface area contributed by atoms with Crippen LogP contribution in [-0.4, -0.2) is 33.0 Å². The number of para-hydroxylation sites is 1. The first-order valence-electron chi connectivity index (χ1n) is 7.65. The highest BCUT2D eigenvalue weighted by Gasteiger charge is 2.19. The van der Waals surface area contributed by atoms with Crippen LogP contribution in [0.2, 0.25) is 0 Å². The fourth-order valence-corrected chi connectivity index (χ4v) is 3.12. The molecule has 1 N–H and O–H groups in total. The third-order valence-corrected chi connectivity index (χ3v) is 4.38. The maximum absolute atomic E-state index is 11.7. The molecule has 0 spiro atoms. The van der Waals surface area contributed by atoms with Crippen LogP contribution in [0.5, 0.6) is 0 Å². The second-order valence-corrected chi connectivity index (χ2v) is 6.05. The maximum atomic E-state index is 11.7. The van der Waals surface area contributed by atoms with E-state index in [4.69, 9.17) is 4.42 Å². The highest BCUT2D eigenvalue weighted by Crippen LogP contribution is 2.29. The molecule has 0 aliphatic rings. The molecule has 0 unspecified atom stereocenters. The summed E-state index contributed by atoms with van der Waals surface area (Å²) in [5, 5.41) is 12.1. The van der Waals surface area contributed by atoms with E-state index in [0.717, 1.165) is 17.0 Å². The third-order valence-electron chi connectivity index (χ3n) is 3.45. The number of nitrogens with one attached hydrogen (secondary N) is 1. The van der Waals surface area contributed by atoms with Crippen LogP contribution in [0.15, 0.2) is 52.2 Å². The highest BCUT2D eigenvalue weighted by molar-refractivity contribution is 7.99. The molecule has 0 fully saturated rings. The number of carbonyl (C=O) groups is 1. The molecule has 3 aromatic rings. The molecule has 2 heterocycles. The first-order valence-corrected chi connectivity index (χ1v) is 8.64. The standard InChI is InChI=1S/C17H18N4O2S/c1-3-18-15(22)11-24-17-20-19-16(14-9-10-23-12(14)2)21(17)13-7-5-4-6-8-13/h4-10H,3,11H2,1-2H3,(H,18,22). The minimum absolute atomic E-state index is 0.0221. The van der Waals surface area contributed by atoms with E-state index in [9.17, 15) is 4.79 Å². The Kier molecular flexibility index (Phi) is 5.00. The van der Waals surface area contributed by atoms with Crippen molar-refractivity contribution in [3.8, 4) is 17.1 Å². The first-order chi connectivity index (χ1) is 11.7. The Hall–Kier alpha value is -2.54. The second-order valence-electron chi connectivity index (χ2n) is 5.11. The number of nitrogens with zero attached hydrogens (tertiary/aromatic N) is 3. The summed E-state index contributed by atoms with van der Waals surface area (Å²) in [5.41, 5.74) is 1.83. The summed E-state index contributed by atoms with van der Waals surface area (Å²) in [6.45, 7) is 4.40. The SMILES string of the molecule is CCNC(=O)CSc1nnc(-c2ccoc2C)n1-c1ccccc1. The molecular weight excluding hydrogens is 324 g/mol. The first kappa shape index (κ1) is 16.3. The van der Waals surface area contributed by atoms with Crippen LogP contribution < -0.4 is 5.32 Å². The van der Waals surface area contributed by atoms with Gasteiger partial charge in [-0.2, -0.15) is 0 Å². The Morgan fingerprint density at radius 1 is 1.25 bits per heavy atom. The number of thioether (sulfide) groups is 1. The molecule has 0 saturated heterocycles. The summed E-state index contributed by atoms with van der Waals surface area (Å²) in [7, 11) is 0. The van der Waals surface area contributed by atoms with Gasteiger partial charge in [-0.05, 0) is 32.0 Å². The van der Waals surface area contributed by atoms with E-state index in [1.54, 1.807) is 6.26 Å². The molecule has 0 saturated carbocycles. The lowest BCUT2D eigenvalue weighted by Gasteiger charge is -2.09. The Morgan fingerprint density at radius 2 is 2.04 bits per heavy atom. The number of amides is 1. The van der Waals surface area contributed by atoms with Gasteiger partial charge in [-0.1, -0.05) is 30.0 Å². The number of hydrogen-bond acceptors (Lipinski definition) is 5. The summed E-state index contributed by atoms with van der Waals surface area (Å²) < 4.78 is 7.34. The van der Waals surface area contributed by atoms with Crippen molar-refractivity contribution in [3.63, 3.8) is 0 Å². The fourth-order valence-electron chi connectivity index (χ4n) is 2.34. The van der Waals surface area contributed by atoms with Crippen LogP contribution in [0.3, 0.4) is 0 Å². The largest absolute Gasteiger partial charge is 0.469 e. The van der Waals surface area contributed by atoms with Crippen LogP contribution >= 0.6 is 11.8 Å². The number of aryl methyl sites for hydroxylation is 1. The van der Waals surface area contributed by atoms with E-state index in [1.165, 1.54) is 11.8 Å². The second kappa shape index (κ2) is 7.35. The van der Waals surface area contributed by atoms with Crippen LogP contribution in [-0.2, 0) is 4.79 Å². The van der Waals surface area contributed by atoms with Crippen LogP contribution in [0.25, 0.3) is 17.1 Å². The number of rotatable bonds is 6. The molecule has 7 heteroatoms. The molecule has 24 heavy (non-hydrogen) atoms. The van der Waals surface area contributed by atoms with E-state index in [2.05, 4.69) is 15.5 Å². The van der Waals surface area contributed by atoms with Crippen molar-refractivity contribution in [1.82, 2.24) is 20.1 Å². The van der Waals surface area contributed by atoms with E-state index < -0.39 is 0 Å². The molecule has 1 aromatic carbocycles. The van der Waals surface area contributed by atoms with Crippen molar-refractivity contribution in [2.45, 2.75) is 19.0 Å². The van der Waals surface area contributed by atoms with Gasteiger partial charge in [0.25, 0.3) is 0 Å². The molecule has 0 aliphatic heterocycles. The fraction of sp³-hybridized carbons (Fsp3) is 0.235. The van der Waals surface area contributed by atoms with Gasteiger partial charge < -0.3 is 9.73 Å². The van der Waals surface area contributed by atoms with Crippen LogP contribution in [0, 0.1) is 6.92 Å². The Bertz CT molecular complexity index is 826. The molecule has 0 atom stereocenters. The molecule has 124 valence electrons. The van der Waals surface area contributed by atoms with Gasteiger partial charge in [-0.25, -0.2) is 0 Å². The normalized spacial score (nSPS) is 10.8. The van der Waals surface area contributed by atoms with Gasteiger partial charge in [0.15, 0.2) is 11.0 Å². The zero-order chi connectivity index (χ0) is 16.9. The molecular formula is C17H18N4O2S. The summed E-state index contributed by atoms with van der Waals surface area (Å²) in [6.07, 6.45) is 1.64. The summed E-state index contributed by atoms with van der Waals surface area (Å²) in [4.78, 5) is 11.7. The molecule has 0 aliphatic carbocycles. The number of furan rings is 1.